The first-order chi connectivity index (χ1) is 10.1. The van der Waals surface area contributed by atoms with Gasteiger partial charge in [0.2, 0.25) is 0 Å². The van der Waals surface area contributed by atoms with Crippen molar-refractivity contribution in [2.45, 2.75) is 51.7 Å². The molecule has 1 aromatic rings. The van der Waals surface area contributed by atoms with Crippen LogP contribution in [-0.4, -0.2) is 48.1 Å². The SMILES string of the molecule is Cc1ccc(CN2CCC(N3CCC(N)CC3)C2)cc1C. The van der Waals surface area contributed by atoms with Crippen LogP contribution in [0.2, 0.25) is 0 Å². The van der Waals surface area contributed by atoms with Gasteiger partial charge in [-0.25, -0.2) is 0 Å². The van der Waals surface area contributed by atoms with Gasteiger partial charge in [-0.15, -0.1) is 0 Å². The van der Waals surface area contributed by atoms with E-state index in [9.17, 15) is 0 Å². The van der Waals surface area contributed by atoms with Crippen molar-refractivity contribution in [1.29, 1.82) is 0 Å². The summed E-state index contributed by atoms with van der Waals surface area (Å²) in [5, 5.41) is 0. The molecule has 116 valence electrons. The Morgan fingerprint density at radius 2 is 1.81 bits per heavy atom. The van der Waals surface area contributed by atoms with Gasteiger partial charge < -0.3 is 5.73 Å². The van der Waals surface area contributed by atoms with E-state index < -0.39 is 0 Å². The molecule has 0 aromatic heterocycles. The van der Waals surface area contributed by atoms with Gasteiger partial charge in [-0.2, -0.15) is 0 Å². The molecule has 2 heterocycles. The van der Waals surface area contributed by atoms with Crippen LogP contribution in [0.15, 0.2) is 18.2 Å². The Morgan fingerprint density at radius 3 is 2.52 bits per heavy atom. The predicted octanol–water partition coefficient (Wildman–Crippen LogP) is 2.30. The number of piperidine rings is 1. The zero-order chi connectivity index (χ0) is 14.8. The molecule has 3 nitrogen and oxygen atoms in total. The van der Waals surface area contributed by atoms with Crippen LogP contribution in [0.25, 0.3) is 0 Å². The third-order valence-electron chi connectivity index (χ3n) is 5.32. The highest BCUT2D eigenvalue weighted by Gasteiger charge is 2.29. The van der Waals surface area contributed by atoms with Crippen molar-refractivity contribution in [1.82, 2.24) is 9.80 Å². The Labute approximate surface area is 129 Å². The Morgan fingerprint density at radius 1 is 1.05 bits per heavy atom. The number of rotatable bonds is 3. The summed E-state index contributed by atoms with van der Waals surface area (Å²) in [6, 6.07) is 8.08. The Bertz CT molecular complexity index is 477. The van der Waals surface area contributed by atoms with Crippen LogP contribution < -0.4 is 5.73 Å². The molecule has 2 fully saturated rings. The molecule has 1 unspecified atom stereocenters. The van der Waals surface area contributed by atoms with E-state index in [1.165, 1.54) is 62.1 Å². The molecule has 0 bridgehead atoms. The smallest absolute Gasteiger partial charge is 0.0235 e. The van der Waals surface area contributed by atoms with Crippen LogP contribution in [0.5, 0.6) is 0 Å². The second-order valence-corrected chi connectivity index (χ2v) is 6.97. The second-order valence-electron chi connectivity index (χ2n) is 6.97. The van der Waals surface area contributed by atoms with Crippen LogP contribution in [-0.2, 0) is 6.54 Å². The van der Waals surface area contributed by atoms with Gasteiger partial charge in [0.1, 0.15) is 0 Å². The van der Waals surface area contributed by atoms with E-state index in [0.717, 1.165) is 12.6 Å². The number of hydrogen-bond acceptors (Lipinski definition) is 3. The zero-order valence-corrected chi connectivity index (χ0v) is 13.5. The molecule has 1 aromatic carbocycles. The summed E-state index contributed by atoms with van der Waals surface area (Å²) in [7, 11) is 0. The Hall–Kier alpha value is -0.900. The fourth-order valence-electron chi connectivity index (χ4n) is 3.70. The van der Waals surface area contributed by atoms with Gasteiger partial charge in [-0.3, -0.25) is 9.80 Å². The van der Waals surface area contributed by atoms with Crippen LogP contribution in [0.1, 0.15) is 36.0 Å². The van der Waals surface area contributed by atoms with Crippen molar-refractivity contribution >= 4 is 0 Å². The highest BCUT2D eigenvalue weighted by atomic mass is 15.3. The molecule has 3 rings (SSSR count). The maximum Gasteiger partial charge on any atom is 0.0235 e. The van der Waals surface area contributed by atoms with Gasteiger partial charge in [0.05, 0.1) is 0 Å². The quantitative estimate of drug-likeness (QED) is 0.926. The summed E-state index contributed by atoms with van der Waals surface area (Å²) in [6.45, 7) is 10.4. The lowest BCUT2D eigenvalue weighted by Crippen LogP contribution is -2.46. The molecular formula is C18H29N3. The first kappa shape index (κ1) is 15.0. The van der Waals surface area contributed by atoms with Crippen molar-refractivity contribution in [2.75, 3.05) is 26.2 Å². The molecule has 0 saturated carbocycles. The van der Waals surface area contributed by atoms with E-state index in [1.807, 2.05) is 0 Å². The zero-order valence-electron chi connectivity index (χ0n) is 13.5. The van der Waals surface area contributed by atoms with E-state index in [0.29, 0.717) is 6.04 Å². The monoisotopic (exact) mass is 287 g/mol. The van der Waals surface area contributed by atoms with Crippen LogP contribution in [0.4, 0.5) is 0 Å². The van der Waals surface area contributed by atoms with Crippen LogP contribution in [0.3, 0.4) is 0 Å². The molecule has 1 atom stereocenters. The third kappa shape index (κ3) is 3.65. The average molecular weight is 287 g/mol. The highest BCUT2D eigenvalue weighted by molar-refractivity contribution is 5.29. The molecule has 0 radical (unpaired) electrons. The van der Waals surface area contributed by atoms with Gasteiger partial charge in [0.25, 0.3) is 0 Å². The van der Waals surface area contributed by atoms with Crippen LogP contribution >= 0.6 is 0 Å². The van der Waals surface area contributed by atoms with Gasteiger partial charge in [0.15, 0.2) is 0 Å². The second kappa shape index (κ2) is 6.47. The number of likely N-dealkylation sites (tertiary alicyclic amines) is 2. The standard InChI is InChI=1S/C18H29N3/c1-14-3-4-16(11-15(14)2)12-20-8-7-18(13-20)21-9-5-17(19)6-10-21/h3-4,11,17-18H,5-10,12-13,19H2,1-2H3. The number of benzene rings is 1. The summed E-state index contributed by atoms with van der Waals surface area (Å²) >= 11 is 0. The fraction of sp³-hybridized carbons (Fsp3) is 0.667. The van der Waals surface area contributed by atoms with Crippen molar-refractivity contribution in [3.8, 4) is 0 Å². The van der Waals surface area contributed by atoms with E-state index in [2.05, 4.69) is 41.8 Å². The first-order valence-corrected chi connectivity index (χ1v) is 8.40. The minimum absolute atomic E-state index is 0.439. The number of nitrogens with two attached hydrogens (primary N) is 1. The van der Waals surface area contributed by atoms with Gasteiger partial charge >= 0.3 is 0 Å². The molecule has 2 aliphatic rings. The summed E-state index contributed by atoms with van der Waals surface area (Å²) in [4.78, 5) is 5.28. The van der Waals surface area contributed by atoms with Gasteiger partial charge in [0, 0.05) is 31.7 Å². The molecule has 2 saturated heterocycles. The predicted molar refractivity (Wildman–Crippen MR) is 88.4 cm³/mol. The molecule has 0 spiro atoms. The molecule has 0 aliphatic carbocycles. The van der Waals surface area contributed by atoms with E-state index in [1.54, 1.807) is 0 Å². The van der Waals surface area contributed by atoms with E-state index in [-0.39, 0.29) is 0 Å². The lowest BCUT2D eigenvalue weighted by molar-refractivity contribution is 0.151. The van der Waals surface area contributed by atoms with Crippen molar-refractivity contribution in [2.24, 2.45) is 5.73 Å². The van der Waals surface area contributed by atoms with Crippen molar-refractivity contribution in [3.63, 3.8) is 0 Å². The molecule has 2 N–H and O–H groups in total. The lowest BCUT2D eigenvalue weighted by Gasteiger charge is -2.34. The van der Waals surface area contributed by atoms with E-state index >= 15 is 0 Å². The maximum absolute atomic E-state index is 6.01. The van der Waals surface area contributed by atoms with Crippen molar-refractivity contribution in [3.05, 3.63) is 34.9 Å². The minimum Gasteiger partial charge on any atom is -0.328 e. The molecule has 2 aliphatic heterocycles. The van der Waals surface area contributed by atoms with Gasteiger partial charge in [-0.1, -0.05) is 18.2 Å². The number of nitrogens with zero attached hydrogens (tertiary/aromatic N) is 2. The Kier molecular flexibility index (Phi) is 4.63. The number of hydrogen-bond donors (Lipinski definition) is 1. The topological polar surface area (TPSA) is 32.5 Å². The fourth-order valence-corrected chi connectivity index (χ4v) is 3.70. The highest BCUT2D eigenvalue weighted by Crippen LogP contribution is 2.22. The average Bonchev–Trinajstić information content (AvgIpc) is 2.92. The van der Waals surface area contributed by atoms with Crippen LogP contribution in [0, 0.1) is 13.8 Å². The summed E-state index contributed by atoms with van der Waals surface area (Å²) in [6.07, 6.45) is 3.67. The molecule has 0 amide bonds. The maximum atomic E-state index is 6.01. The number of aryl methyl sites for hydroxylation is 2. The third-order valence-corrected chi connectivity index (χ3v) is 5.32. The van der Waals surface area contributed by atoms with Crippen molar-refractivity contribution < 1.29 is 0 Å². The van der Waals surface area contributed by atoms with E-state index in [4.69, 9.17) is 5.73 Å². The molecule has 3 heteroatoms. The normalized spacial score (nSPS) is 25.6. The Balaban J connectivity index is 1.53. The summed E-state index contributed by atoms with van der Waals surface area (Å²) < 4.78 is 0. The van der Waals surface area contributed by atoms with Gasteiger partial charge in [-0.05, 0) is 62.9 Å². The molecular weight excluding hydrogens is 258 g/mol. The summed E-state index contributed by atoms with van der Waals surface area (Å²) in [5.41, 5.74) is 10.3. The lowest BCUT2D eigenvalue weighted by atomic mass is 10.0. The summed E-state index contributed by atoms with van der Waals surface area (Å²) in [5.74, 6) is 0. The molecule has 21 heavy (non-hydrogen) atoms. The first-order valence-electron chi connectivity index (χ1n) is 8.40. The minimum atomic E-state index is 0.439. The largest absolute Gasteiger partial charge is 0.328 e.